The lowest BCUT2D eigenvalue weighted by atomic mass is 10.1. The Morgan fingerprint density at radius 3 is 2.70 bits per heavy atom. The van der Waals surface area contributed by atoms with Crippen LogP contribution in [-0.4, -0.2) is 49.1 Å². The van der Waals surface area contributed by atoms with Crippen molar-refractivity contribution < 1.29 is 4.74 Å². The van der Waals surface area contributed by atoms with Gasteiger partial charge in [0.05, 0.1) is 25.4 Å². The molecule has 1 atom stereocenters. The van der Waals surface area contributed by atoms with E-state index < -0.39 is 0 Å². The molecular formula is C22H34IN5OS. The summed E-state index contributed by atoms with van der Waals surface area (Å²) in [6.07, 6.45) is 4.43. The lowest BCUT2D eigenvalue weighted by molar-refractivity contribution is 0.249. The van der Waals surface area contributed by atoms with Crippen LogP contribution in [-0.2, 0) is 6.54 Å². The topological polar surface area (TPSA) is 61.8 Å². The van der Waals surface area contributed by atoms with Crippen molar-refractivity contribution in [3.63, 3.8) is 0 Å². The number of hydrogen-bond donors (Lipinski definition) is 2. The molecule has 1 aliphatic rings. The highest BCUT2D eigenvalue weighted by atomic mass is 127. The molecule has 0 spiro atoms. The number of methoxy groups -OCH3 is 1. The predicted octanol–water partition coefficient (Wildman–Crippen LogP) is 4.28. The number of aromatic nitrogens is 1. The molecule has 1 saturated heterocycles. The number of thiophene rings is 1. The van der Waals surface area contributed by atoms with Gasteiger partial charge < -0.3 is 15.4 Å². The standard InChI is InChI=1S/C22H33N5OS.HI/c1-5-23-22(25-14-18-17(3)21(28-4)16(2)13-24-18)26-15-19(20-9-8-12-29-20)27-10-6-7-11-27;/h8-9,12-13,19H,5-7,10-11,14-15H2,1-4H3,(H2,23,25,26);1H. The van der Waals surface area contributed by atoms with Crippen LogP contribution in [0.5, 0.6) is 5.75 Å². The maximum Gasteiger partial charge on any atom is 0.191 e. The summed E-state index contributed by atoms with van der Waals surface area (Å²) in [6.45, 7) is 10.7. The van der Waals surface area contributed by atoms with E-state index in [-0.39, 0.29) is 24.0 Å². The monoisotopic (exact) mass is 543 g/mol. The minimum atomic E-state index is 0. The van der Waals surface area contributed by atoms with E-state index in [1.165, 1.54) is 30.8 Å². The number of rotatable bonds is 8. The number of hydrogen-bond acceptors (Lipinski definition) is 5. The quantitative estimate of drug-likeness (QED) is 0.296. The summed E-state index contributed by atoms with van der Waals surface area (Å²) < 4.78 is 5.52. The van der Waals surface area contributed by atoms with Gasteiger partial charge in [-0.1, -0.05) is 6.07 Å². The first-order chi connectivity index (χ1) is 14.1. The zero-order valence-electron chi connectivity index (χ0n) is 18.4. The number of guanidine groups is 1. The maximum atomic E-state index is 5.52. The maximum absolute atomic E-state index is 5.52. The first-order valence-electron chi connectivity index (χ1n) is 10.4. The number of aryl methyl sites for hydroxylation is 1. The van der Waals surface area contributed by atoms with Crippen LogP contribution in [0.2, 0.25) is 0 Å². The number of likely N-dealkylation sites (tertiary alicyclic amines) is 1. The molecule has 0 bridgehead atoms. The van der Waals surface area contributed by atoms with E-state index in [9.17, 15) is 0 Å². The summed E-state index contributed by atoms with van der Waals surface area (Å²) in [5.74, 6) is 1.73. The molecule has 1 aliphatic heterocycles. The van der Waals surface area contributed by atoms with Crippen LogP contribution in [0.3, 0.4) is 0 Å². The van der Waals surface area contributed by atoms with Gasteiger partial charge in [0, 0.05) is 35.3 Å². The fourth-order valence-electron chi connectivity index (χ4n) is 3.86. The van der Waals surface area contributed by atoms with E-state index in [0.717, 1.165) is 41.6 Å². The van der Waals surface area contributed by atoms with Crippen molar-refractivity contribution in [3.8, 4) is 5.75 Å². The van der Waals surface area contributed by atoms with Gasteiger partial charge >= 0.3 is 0 Å². The van der Waals surface area contributed by atoms with E-state index in [4.69, 9.17) is 9.73 Å². The first-order valence-corrected chi connectivity index (χ1v) is 11.3. The molecule has 30 heavy (non-hydrogen) atoms. The van der Waals surface area contributed by atoms with Crippen molar-refractivity contribution in [2.24, 2.45) is 4.99 Å². The molecule has 2 aromatic rings. The van der Waals surface area contributed by atoms with Gasteiger partial charge in [0.25, 0.3) is 0 Å². The molecule has 6 nitrogen and oxygen atoms in total. The Bertz CT molecular complexity index is 806. The average Bonchev–Trinajstić information content (AvgIpc) is 3.42. The van der Waals surface area contributed by atoms with Crippen LogP contribution in [0, 0.1) is 13.8 Å². The van der Waals surface area contributed by atoms with Crippen molar-refractivity contribution in [3.05, 3.63) is 45.4 Å². The van der Waals surface area contributed by atoms with Gasteiger partial charge in [0.15, 0.2) is 5.96 Å². The molecule has 8 heteroatoms. The lowest BCUT2D eigenvalue weighted by Gasteiger charge is -2.27. The van der Waals surface area contributed by atoms with Crippen molar-refractivity contribution in [1.29, 1.82) is 0 Å². The van der Waals surface area contributed by atoms with Crippen LogP contribution in [0.25, 0.3) is 0 Å². The molecule has 0 aliphatic carbocycles. The van der Waals surface area contributed by atoms with Crippen molar-refractivity contribution >= 4 is 41.3 Å². The summed E-state index contributed by atoms with van der Waals surface area (Å²) >= 11 is 1.83. The van der Waals surface area contributed by atoms with E-state index in [1.54, 1.807) is 7.11 Å². The molecule has 166 valence electrons. The lowest BCUT2D eigenvalue weighted by Crippen LogP contribution is -2.42. The first kappa shape index (κ1) is 24.9. The predicted molar refractivity (Wildman–Crippen MR) is 136 cm³/mol. The second-order valence-electron chi connectivity index (χ2n) is 7.40. The third kappa shape index (κ3) is 6.31. The van der Waals surface area contributed by atoms with E-state index in [1.807, 2.05) is 31.4 Å². The smallest absolute Gasteiger partial charge is 0.191 e. The Labute approximate surface area is 201 Å². The minimum Gasteiger partial charge on any atom is -0.496 e. The van der Waals surface area contributed by atoms with Gasteiger partial charge in [-0.2, -0.15) is 0 Å². The zero-order valence-corrected chi connectivity index (χ0v) is 21.5. The van der Waals surface area contributed by atoms with Gasteiger partial charge in [0.1, 0.15) is 5.75 Å². The Hall–Kier alpha value is -1.39. The van der Waals surface area contributed by atoms with E-state index >= 15 is 0 Å². The molecule has 2 aromatic heterocycles. The van der Waals surface area contributed by atoms with Crippen LogP contribution >= 0.6 is 35.3 Å². The molecule has 0 radical (unpaired) electrons. The minimum absolute atomic E-state index is 0. The Morgan fingerprint density at radius 2 is 2.07 bits per heavy atom. The van der Waals surface area contributed by atoms with Gasteiger partial charge in [-0.3, -0.25) is 9.88 Å². The normalized spacial score (nSPS) is 15.5. The van der Waals surface area contributed by atoms with Crippen molar-refractivity contribution in [2.45, 2.75) is 46.2 Å². The van der Waals surface area contributed by atoms with Gasteiger partial charge in [0.2, 0.25) is 0 Å². The second-order valence-corrected chi connectivity index (χ2v) is 8.38. The number of nitrogens with zero attached hydrogens (tertiary/aromatic N) is 3. The molecule has 0 aromatic carbocycles. The highest BCUT2D eigenvalue weighted by Gasteiger charge is 2.24. The van der Waals surface area contributed by atoms with Crippen LogP contribution in [0.1, 0.15) is 47.5 Å². The van der Waals surface area contributed by atoms with Gasteiger partial charge in [-0.25, -0.2) is 4.99 Å². The van der Waals surface area contributed by atoms with Gasteiger partial charge in [-0.05, 0) is 58.1 Å². The van der Waals surface area contributed by atoms with E-state index in [2.05, 4.69) is 45.0 Å². The fourth-order valence-corrected chi connectivity index (χ4v) is 4.72. The SMILES string of the molecule is CCNC(=NCc1ncc(C)c(OC)c1C)NCC(c1cccs1)N1CCCC1.I. The number of halogens is 1. The van der Waals surface area contributed by atoms with E-state index in [0.29, 0.717) is 12.6 Å². The molecule has 1 unspecified atom stereocenters. The van der Waals surface area contributed by atoms with Gasteiger partial charge in [-0.15, -0.1) is 35.3 Å². The molecule has 2 N–H and O–H groups in total. The number of pyridine rings is 1. The summed E-state index contributed by atoms with van der Waals surface area (Å²) in [7, 11) is 1.71. The average molecular weight is 544 g/mol. The molecule has 0 saturated carbocycles. The van der Waals surface area contributed by atoms with Crippen LogP contribution < -0.4 is 15.4 Å². The Balaban J connectivity index is 0.00000320. The molecule has 3 rings (SSSR count). The zero-order chi connectivity index (χ0) is 20.6. The number of aliphatic imine (C=N–C) groups is 1. The van der Waals surface area contributed by atoms with Crippen LogP contribution in [0.4, 0.5) is 0 Å². The Kier molecular flexibility index (Phi) is 10.3. The number of nitrogens with one attached hydrogen (secondary N) is 2. The van der Waals surface area contributed by atoms with Crippen molar-refractivity contribution in [1.82, 2.24) is 20.5 Å². The summed E-state index contributed by atoms with van der Waals surface area (Å²) in [5.41, 5.74) is 3.05. The highest BCUT2D eigenvalue weighted by Crippen LogP contribution is 2.28. The van der Waals surface area contributed by atoms with Crippen molar-refractivity contribution in [2.75, 3.05) is 33.3 Å². The molecular weight excluding hydrogens is 509 g/mol. The summed E-state index contributed by atoms with van der Waals surface area (Å²) in [6, 6.07) is 4.77. The summed E-state index contributed by atoms with van der Waals surface area (Å²) in [4.78, 5) is 13.4. The molecule has 0 amide bonds. The Morgan fingerprint density at radius 1 is 1.30 bits per heavy atom. The molecule has 3 heterocycles. The highest BCUT2D eigenvalue weighted by molar-refractivity contribution is 14.0. The fraction of sp³-hybridized carbons (Fsp3) is 0.545. The molecule has 1 fully saturated rings. The third-order valence-electron chi connectivity index (χ3n) is 5.40. The number of ether oxygens (including phenoxy) is 1. The second kappa shape index (κ2) is 12.5. The van der Waals surface area contributed by atoms with Crippen LogP contribution in [0.15, 0.2) is 28.7 Å². The third-order valence-corrected chi connectivity index (χ3v) is 6.37. The largest absolute Gasteiger partial charge is 0.496 e. The summed E-state index contributed by atoms with van der Waals surface area (Å²) in [5, 5.41) is 9.09.